The third kappa shape index (κ3) is 4.36. The lowest BCUT2D eigenvalue weighted by Crippen LogP contribution is -2.23. The van der Waals surface area contributed by atoms with Gasteiger partial charge >= 0.3 is 0 Å². The number of nitrogens with two attached hydrogens (primary N) is 1. The highest BCUT2D eigenvalue weighted by molar-refractivity contribution is 7.89. The van der Waals surface area contributed by atoms with Gasteiger partial charge in [-0.15, -0.1) is 0 Å². The molecule has 0 aliphatic heterocycles. The van der Waals surface area contributed by atoms with Gasteiger partial charge in [0.25, 0.3) is 0 Å². The zero-order valence-electron chi connectivity index (χ0n) is 11.2. The molecule has 108 valence electrons. The number of rotatable bonds is 4. The van der Waals surface area contributed by atoms with E-state index in [1.54, 1.807) is 24.4 Å². The summed E-state index contributed by atoms with van der Waals surface area (Å²) in [5.41, 5.74) is 6.41. The zero-order chi connectivity index (χ0) is 15.1. The van der Waals surface area contributed by atoms with Gasteiger partial charge in [-0.2, -0.15) is 0 Å². The molecule has 0 saturated carbocycles. The van der Waals surface area contributed by atoms with E-state index in [9.17, 15) is 8.42 Å². The molecule has 6 nitrogen and oxygen atoms in total. The number of nitrogens with zero attached hydrogens (tertiary/aromatic N) is 2. The maximum absolute atomic E-state index is 12.2. The molecule has 7 heteroatoms. The summed E-state index contributed by atoms with van der Waals surface area (Å²) in [6, 6.07) is 6.75. The van der Waals surface area contributed by atoms with E-state index in [-0.39, 0.29) is 18.0 Å². The molecule has 0 saturated heterocycles. The molecule has 0 unspecified atom stereocenters. The van der Waals surface area contributed by atoms with Crippen molar-refractivity contribution in [3.05, 3.63) is 54.1 Å². The van der Waals surface area contributed by atoms with E-state index < -0.39 is 10.0 Å². The van der Waals surface area contributed by atoms with Crippen molar-refractivity contribution in [1.29, 1.82) is 0 Å². The number of nitrogens with one attached hydrogen (secondary N) is 1. The van der Waals surface area contributed by atoms with Crippen molar-refractivity contribution in [2.45, 2.75) is 11.4 Å². The van der Waals surface area contributed by atoms with Gasteiger partial charge in [0.15, 0.2) is 0 Å². The number of sulfonamides is 1. The molecule has 3 N–H and O–H groups in total. The first-order valence-corrected chi connectivity index (χ1v) is 7.64. The Bertz CT molecular complexity index is 764. The Balaban J connectivity index is 2.16. The average molecular weight is 302 g/mol. The summed E-state index contributed by atoms with van der Waals surface area (Å²) in [6.07, 6.45) is 4.36. The molecule has 0 spiro atoms. The molecule has 0 fully saturated rings. The fourth-order valence-corrected chi connectivity index (χ4v) is 2.53. The smallest absolute Gasteiger partial charge is 0.242 e. The Morgan fingerprint density at radius 3 is 2.86 bits per heavy atom. The van der Waals surface area contributed by atoms with Crippen LogP contribution >= 0.6 is 0 Å². The highest BCUT2D eigenvalue weighted by Crippen LogP contribution is 2.09. The summed E-state index contributed by atoms with van der Waals surface area (Å²) in [6.45, 7) is 0.316. The molecular formula is C14H14N4O2S. The topological polar surface area (TPSA) is 98.0 Å². The number of pyridine rings is 2. The van der Waals surface area contributed by atoms with E-state index >= 15 is 0 Å². The van der Waals surface area contributed by atoms with Crippen LogP contribution < -0.4 is 10.5 Å². The van der Waals surface area contributed by atoms with Crippen LogP contribution in [-0.4, -0.2) is 24.9 Å². The average Bonchev–Trinajstić information content (AvgIpc) is 2.52. The van der Waals surface area contributed by atoms with E-state index in [4.69, 9.17) is 5.73 Å². The third-order valence-corrected chi connectivity index (χ3v) is 3.90. The van der Waals surface area contributed by atoms with Crippen molar-refractivity contribution in [2.24, 2.45) is 5.73 Å². The Hall–Kier alpha value is -2.27. The SMILES string of the molecule is NCC#Cc1cncc(S(=O)(=O)NCc2ccccn2)c1. The summed E-state index contributed by atoms with van der Waals surface area (Å²) >= 11 is 0. The summed E-state index contributed by atoms with van der Waals surface area (Å²) < 4.78 is 26.8. The van der Waals surface area contributed by atoms with Gasteiger partial charge in [-0.05, 0) is 18.2 Å². The Morgan fingerprint density at radius 1 is 1.29 bits per heavy atom. The standard InChI is InChI=1S/C14H14N4O2S/c15-6-3-4-12-8-14(11-16-9-12)21(19,20)18-10-13-5-1-2-7-17-13/h1-2,5,7-9,11,18H,6,10,15H2. The zero-order valence-corrected chi connectivity index (χ0v) is 12.0. The van der Waals surface area contributed by atoms with Crippen LogP contribution in [0, 0.1) is 11.8 Å². The van der Waals surface area contributed by atoms with Gasteiger partial charge in [-0.3, -0.25) is 9.97 Å². The van der Waals surface area contributed by atoms with Crippen LogP contribution in [0.5, 0.6) is 0 Å². The normalized spacial score (nSPS) is 10.7. The van der Waals surface area contributed by atoms with Gasteiger partial charge in [0, 0.05) is 24.2 Å². The van der Waals surface area contributed by atoms with E-state index in [0.29, 0.717) is 11.3 Å². The molecule has 0 radical (unpaired) electrons. The van der Waals surface area contributed by atoms with E-state index in [2.05, 4.69) is 26.5 Å². The first-order valence-electron chi connectivity index (χ1n) is 6.15. The molecule has 0 atom stereocenters. The van der Waals surface area contributed by atoms with Crippen LogP contribution in [0.1, 0.15) is 11.3 Å². The van der Waals surface area contributed by atoms with Crippen LogP contribution in [0.15, 0.2) is 47.8 Å². The molecule has 0 aliphatic carbocycles. The van der Waals surface area contributed by atoms with Gasteiger partial charge in [-0.25, -0.2) is 13.1 Å². The van der Waals surface area contributed by atoms with Gasteiger partial charge in [0.2, 0.25) is 10.0 Å². The lowest BCUT2D eigenvalue weighted by atomic mass is 10.3. The Kier molecular flexibility index (Phi) is 5.00. The highest BCUT2D eigenvalue weighted by Gasteiger charge is 2.14. The van der Waals surface area contributed by atoms with Crippen molar-refractivity contribution < 1.29 is 8.42 Å². The summed E-state index contributed by atoms with van der Waals surface area (Å²) in [5, 5.41) is 0. The summed E-state index contributed by atoms with van der Waals surface area (Å²) in [7, 11) is -3.66. The van der Waals surface area contributed by atoms with Gasteiger partial charge < -0.3 is 5.73 Å². The monoisotopic (exact) mass is 302 g/mol. The molecule has 2 rings (SSSR count). The van der Waals surface area contributed by atoms with Crippen LogP contribution in [0.3, 0.4) is 0 Å². The Labute approximate surface area is 123 Å². The number of hydrogen-bond donors (Lipinski definition) is 2. The molecule has 2 aromatic heterocycles. The number of aromatic nitrogens is 2. The van der Waals surface area contributed by atoms with Crippen LogP contribution in [0.2, 0.25) is 0 Å². The van der Waals surface area contributed by atoms with Crippen molar-refractivity contribution in [3.63, 3.8) is 0 Å². The minimum Gasteiger partial charge on any atom is -0.320 e. The second-order valence-electron chi connectivity index (χ2n) is 4.06. The van der Waals surface area contributed by atoms with Gasteiger partial charge in [0.1, 0.15) is 4.90 Å². The first kappa shape index (κ1) is 15.1. The molecular weight excluding hydrogens is 288 g/mol. The fourth-order valence-electron chi connectivity index (χ4n) is 1.54. The largest absolute Gasteiger partial charge is 0.320 e. The first-order chi connectivity index (χ1) is 10.1. The van der Waals surface area contributed by atoms with Crippen molar-refractivity contribution in [2.75, 3.05) is 6.54 Å². The molecule has 21 heavy (non-hydrogen) atoms. The summed E-state index contributed by atoms with van der Waals surface area (Å²) in [4.78, 5) is 7.99. The van der Waals surface area contributed by atoms with Crippen molar-refractivity contribution in [3.8, 4) is 11.8 Å². The predicted molar refractivity (Wildman–Crippen MR) is 78.4 cm³/mol. The molecule has 0 bridgehead atoms. The molecule has 2 heterocycles. The molecule has 0 amide bonds. The quantitative estimate of drug-likeness (QED) is 0.790. The molecule has 0 aliphatic rings. The summed E-state index contributed by atoms with van der Waals surface area (Å²) in [5.74, 6) is 5.40. The number of hydrogen-bond acceptors (Lipinski definition) is 5. The Morgan fingerprint density at radius 2 is 2.14 bits per heavy atom. The minimum absolute atomic E-state index is 0.0576. The van der Waals surface area contributed by atoms with E-state index in [1.807, 2.05) is 0 Å². The second kappa shape index (κ2) is 6.95. The van der Waals surface area contributed by atoms with Crippen LogP contribution in [-0.2, 0) is 16.6 Å². The lowest BCUT2D eigenvalue weighted by molar-refractivity contribution is 0.580. The minimum atomic E-state index is -3.66. The van der Waals surface area contributed by atoms with Gasteiger partial charge in [-0.1, -0.05) is 17.9 Å². The van der Waals surface area contributed by atoms with Gasteiger partial charge in [0.05, 0.1) is 18.8 Å². The lowest BCUT2D eigenvalue weighted by Gasteiger charge is -2.06. The molecule has 0 aromatic carbocycles. The second-order valence-corrected chi connectivity index (χ2v) is 5.83. The molecule has 2 aromatic rings. The maximum Gasteiger partial charge on any atom is 0.242 e. The van der Waals surface area contributed by atoms with E-state index in [0.717, 1.165) is 0 Å². The van der Waals surface area contributed by atoms with Crippen molar-refractivity contribution in [1.82, 2.24) is 14.7 Å². The van der Waals surface area contributed by atoms with Crippen molar-refractivity contribution >= 4 is 10.0 Å². The van der Waals surface area contributed by atoms with Crippen LogP contribution in [0.25, 0.3) is 0 Å². The highest BCUT2D eigenvalue weighted by atomic mass is 32.2. The maximum atomic E-state index is 12.2. The van der Waals surface area contributed by atoms with E-state index in [1.165, 1.54) is 18.5 Å². The van der Waals surface area contributed by atoms with Crippen LogP contribution in [0.4, 0.5) is 0 Å². The predicted octanol–water partition coefficient (Wildman–Crippen LogP) is 0.265. The fraction of sp³-hybridized carbons (Fsp3) is 0.143. The third-order valence-electron chi connectivity index (χ3n) is 2.53.